The number of carbonyl (C=O) groups is 5. The number of benzene rings is 3. The Bertz CT molecular complexity index is 3850. The number of piperidine rings is 1. The SMILES string of the molecule is CC(C)[C@@H](C(=O)N1CCC[C@H]1C(=O)N[C@@H](C)c1ccc(C#N)cc1)c1cc(OCCN2CCC(OC3CC(Oc4cc(N5C6CCC5CN(c5cc(-c7ccccc7OCc7ccc(NC(=O)[C@H](CCCCN(C)C)NC(=O)C8(C(=O)O)CCC8)cc7)nnc5N)C6)ccn4)C3)CC2)no1. The zero-order chi connectivity index (χ0) is 70.0. The number of nitriles is 1. The Labute approximate surface area is 584 Å². The molecule has 4 aliphatic heterocycles. The third-order valence-electron chi connectivity index (χ3n) is 20.8. The molecule has 2 saturated carbocycles. The van der Waals surface area contributed by atoms with Crippen LogP contribution in [0.2, 0.25) is 0 Å². The van der Waals surface area contributed by atoms with Crippen molar-refractivity contribution >= 4 is 52.5 Å². The van der Waals surface area contributed by atoms with Crippen molar-refractivity contribution in [3.05, 3.63) is 126 Å². The van der Waals surface area contributed by atoms with Crippen molar-refractivity contribution in [2.45, 2.75) is 172 Å². The summed E-state index contributed by atoms with van der Waals surface area (Å²) in [7, 11) is 3.95. The molecular weight excluding hydrogens is 1270 g/mol. The molecule has 100 heavy (non-hydrogen) atoms. The van der Waals surface area contributed by atoms with Gasteiger partial charge >= 0.3 is 5.97 Å². The predicted molar refractivity (Wildman–Crippen MR) is 375 cm³/mol. The number of anilines is 4. The number of carboxylic acids is 1. The second kappa shape index (κ2) is 31.9. The summed E-state index contributed by atoms with van der Waals surface area (Å²) in [5.74, 6) is -0.938. The van der Waals surface area contributed by atoms with Crippen molar-refractivity contribution in [3.63, 3.8) is 0 Å². The summed E-state index contributed by atoms with van der Waals surface area (Å²) in [5.41, 5.74) is 11.3. The highest BCUT2D eigenvalue weighted by Crippen LogP contribution is 2.43. The lowest BCUT2D eigenvalue weighted by molar-refractivity contribution is -0.162. The Balaban J connectivity index is 0.566. The van der Waals surface area contributed by atoms with Gasteiger partial charge < -0.3 is 69.9 Å². The molecule has 4 amide bonds. The molecule has 25 nitrogen and oxygen atoms in total. The van der Waals surface area contributed by atoms with E-state index in [4.69, 9.17) is 29.2 Å². The van der Waals surface area contributed by atoms with Gasteiger partial charge in [0.25, 0.3) is 5.88 Å². The summed E-state index contributed by atoms with van der Waals surface area (Å²) in [6, 6.07) is 30.8. The first-order valence-corrected chi connectivity index (χ1v) is 35.6. The molecule has 6 atom stereocenters. The molecule has 7 heterocycles. The average Bonchev–Trinajstić information content (AvgIpc) is 1.29. The Morgan fingerprint density at radius 1 is 0.820 bits per heavy atom. The van der Waals surface area contributed by atoms with Gasteiger partial charge in [0.1, 0.15) is 48.5 Å². The van der Waals surface area contributed by atoms with Gasteiger partial charge in [-0.05, 0) is 169 Å². The molecule has 530 valence electrons. The number of hydrogen-bond donors (Lipinski definition) is 5. The van der Waals surface area contributed by atoms with Crippen LogP contribution in [-0.2, 0) is 35.3 Å². The number of amides is 4. The summed E-state index contributed by atoms with van der Waals surface area (Å²) in [6.07, 6.45) is 12.0. The number of nitrogens with two attached hydrogens (primary N) is 1. The molecule has 3 aromatic heterocycles. The maximum Gasteiger partial charge on any atom is 0.319 e. The van der Waals surface area contributed by atoms with Crippen LogP contribution < -0.4 is 45.7 Å². The largest absolute Gasteiger partial charge is 0.488 e. The quantitative estimate of drug-likeness (QED) is 0.0207. The minimum absolute atomic E-state index is 0.0224. The topological polar surface area (TPSA) is 309 Å². The van der Waals surface area contributed by atoms with Crippen LogP contribution >= 0.6 is 0 Å². The van der Waals surface area contributed by atoms with Crippen LogP contribution in [0.3, 0.4) is 0 Å². The van der Waals surface area contributed by atoms with E-state index in [-0.39, 0.29) is 73.6 Å². The van der Waals surface area contributed by atoms with Gasteiger partial charge in [-0.2, -0.15) is 5.26 Å². The Morgan fingerprint density at radius 3 is 2.27 bits per heavy atom. The van der Waals surface area contributed by atoms with Crippen molar-refractivity contribution < 1.29 is 52.5 Å². The number of ether oxygens (including phenoxy) is 4. The van der Waals surface area contributed by atoms with Gasteiger partial charge in [0.15, 0.2) is 11.6 Å². The van der Waals surface area contributed by atoms with Crippen LogP contribution in [0.15, 0.2) is 108 Å². The summed E-state index contributed by atoms with van der Waals surface area (Å²) in [6.45, 7) is 11.7. The standard InChI is InChI=1S/C75H94N14O11/c1-47(2)68(72(92)88-33-10-14-62(88)71(91)79-48(3)51-20-16-49(43-76)17-21-51)65-42-67(84-100-65)96-37-36-86-34-27-56(28-35-86)98-57-39-58(40-57)99-66-38-53(26-31-78-66)89-54-24-25-55(89)45-87(44-54)63-41-61(82-83-69(63)77)59-12-6-7-15-64(59)97-46-50-18-22-52(23-19-50)80-70(90)60(13-8-9-32-85(4)5)81-73(93)75(74(94)95)29-11-30-75/h6-7,12,15-23,26,31,38,41-42,47-48,54-58,60,62,68H,8-11,13-14,24-25,27-30,32-37,39-40,44-46H2,1-5H3,(H2,77,83)(H,79,91)(H,80,90)(H,81,93)(H,94,95)/t48-,54?,55?,57?,58?,60-,62-,68+/m0/s1. The molecule has 3 aromatic carbocycles. The lowest BCUT2D eigenvalue weighted by Gasteiger charge is -2.43. The van der Waals surface area contributed by atoms with Gasteiger partial charge in [-0.3, -0.25) is 28.9 Å². The number of rotatable bonds is 30. The van der Waals surface area contributed by atoms with Gasteiger partial charge in [-0.1, -0.05) is 56.7 Å². The molecule has 4 saturated heterocycles. The molecule has 6 N–H and O–H groups in total. The number of nitrogens with zero attached hydrogens (tertiary/aromatic N) is 10. The van der Waals surface area contributed by atoms with Crippen molar-refractivity contribution in [1.82, 2.24) is 45.7 Å². The normalized spacial score (nSPS) is 21.3. The molecule has 25 heteroatoms. The fraction of sp³-hybridized carbons (Fsp3) is 0.520. The molecule has 2 bridgehead atoms. The van der Waals surface area contributed by atoms with E-state index < -0.39 is 41.2 Å². The van der Waals surface area contributed by atoms with Crippen LogP contribution in [0.1, 0.15) is 145 Å². The minimum Gasteiger partial charge on any atom is -0.488 e. The molecule has 6 aromatic rings. The number of hydrogen-bond acceptors (Lipinski definition) is 20. The first-order valence-electron chi connectivity index (χ1n) is 35.6. The maximum atomic E-state index is 14.2. The van der Waals surface area contributed by atoms with Crippen LogP contribution in [0.25, 0.3) is 11.3 Å². The molecule has 2 unspecified atom stereocenters. The number of likely N-dealkylation sites (tertiary alicyclic amines) is 2. The van der Waals surface area contributed by atoms with E-state index >= 15 is 0 Å². The molecule has 2 aliphatic carbocycles. The maximum absolute atomic E-state index is 14.2. The lowest BCUT2D eigenvalue weighted by atomic mass is 9.68. The molecular formula is C75H94N14O11. The monoisotopic (exact) mass is 1370 g/mol. The number of pyridine rings is 1. The molecule has 6 fully saturated rings. The zero-order valence-electron chi connectivity index (χ0n) is 57.9. The predicted octanol–water partition coefficient (Wildman–Crippen LogP) is 8.90. The van der Waals surface area contributed by atoms with Crippen molar-refractivity contribution in [2.24, 2.45) is 11.3 Å². The first kappa shape index (κ1) is 70.5. The van der Waals surface area contributed by atoms with E-state index in [9.17, 15) is 34.3 Å². The number of aliphatic carboxylic acids is 1. The van der Waals surface area contributed by atoms with Crippen molar-refractivity contribution in [3.8, 4) is 34.8 Å². The molecule has 6 aliphatic rings. The summed E-state index contributed by atoms with van der Waals surface area (Å²) < 4.78 is 31.4. The summed E-state index contributed by atoms with van der Waals surface area (Å²) in [4.78, 5) is 82.3. The van der Waals surface area contributed by atoms with Crippen molar-refractivity contribution in [2.75, 3.05) is 87.4 Å². The van der Waals surface area contributed by atoms with Gasteiger partial charge in [0.2, 0.25) is 29.5 Å². The summed E-state index contributed by atoms with van der Waals surface area (Å²) >= 11 is 0. The second-order valence-corrected chi connectivity index (χ2v) is 28.4. The van der Waals surface area contributed by atoms with E-state index in [0.717, 1.165) is 112 Å². The highest BCUT2D eigenvalue weighted by molar-refractivity contribution is 6.05. The van der Waals surface area contributed by atoms with E-state index in [2.05, 4.69) is 74.1 Å². The van der Waals surface area contributed by atoms with Gasteiger partial charge in [0, 0.05) is 99.5 Å². The average molecular weight is 1370 g/mol. The van der Waals surface area contributed by atoms with Crippen LogP contribution in [0.4, 0.5) is 22.9 Å². The number of nitrogen functional groups attached to an aromatic ring is 1. The van der Waals surface area contributed by atoms with Crippen LogP contribution in [0.5, 0.6) is 17.5 Å². The summed E-state index contributed by atoms with van der Waals surface area (Å²) in [5, 5.41) is 41.1. The third-order valence-corrected chi connectivity index (χ3v) is 20.8. The van der Waals surface area contributed by atoms with E-state index in [0.29, 0.717) is 91.4 Å². The number of aromatic nitrogens is 4. The van der Waals surface area contributed by atoms with Crippen LogP contribution in [0, 0.1) is 22.7 Å². The molecule has 0 radical (unpaired) electrons. The van der Waals surface area contributed by atoms with Gasteiger partial charge in [-0.25, -0.2) is 4.98 Å². The number of carboxylic acid groups (broad SMARTS) is 1. The fourth-order valence-corrected chi connectivity index (χ4v) is 14.9. The minimum atomic E-state index is -1.48. The number of fused-ring (bicyclic) bond motifs is 2. The Hall–Kier alpha value is -9.38. The second-order valence-electron chi connectivity index (χ2n) is 28.4. The van der Waals surface area contributed by atoms with Gasteiger partial charge in [-0.15, -0.1) is 10.2 Å². The Kier molecular flexibility index (Phi) is 22.5. The van der Waals surface area contributed by atoms with E-state index in [1.54, 1.807) is 35.2 Å². The van der Waals surface area contributed by atoms with Crippen molar-refractivity contribution in [1.29, 1.82) is 5.26 Å². The number of piperazine rings is 1. The van der Waals surface area contributed by atoms with E-state index in [1.807, 2.05) is 95.7 Å². The number of carbonyl (C=O) groups excluding carboxylic acids is 4. The fourth-order valence-electron chi connectivity index (χ4n) is 14.9. The number of nitrogens with one attached hydrogen (secondary N) is 3. The number of unbranched alkanes of at least 4 members (excludes halogenated alkanes) is 1. The van der Waals surface area contributed by atoms with E-state index in [1.165, 1.54) is 0 Å². The zero-order valence-corrected chi connectivity index (χ0v) is 57.9. The lowest BCUT2D eigenvalue weighted by Crippen LogP contribution is -2.55. The smallest absolute Gasteiger partial charge is 0.319 e. The highest BCUT2D eigenvalue weighted by Gasteiger charge is 2.52. The molecule has 12 rings (SSSR count). The number of para-hydroxylation sites is 1. The highest BCUT2D eigenvalue weighted by atomic mass is 16.5. The first-order chi connectivity index (χ1) is 48.4. The van der Waals surface area contributed by atoms with Gasteiger partial charge in [0.05, 0.1) is 41.3 Å². The molecule has 0 spiro atoms. The Morgan fingerprint density at radius 2 is 1.57 bits per heavy atom. The third kappa shape index (κ3) is 16.6. The van der Waals surface area contributed by atoms with Crippen LogP contribution in [-0.4, -0.2) is 179 Å².